The minimum atomic E-state index is 0.267. The second-order valence-electron chi connectivity index (χ2n) is 4.67. The third kappa shape index (κ3) is 2.61. The zero-order valence-electron chi connectivity index (χ0n) is 10.6. The molecule has 1 aromatic carbocycles. The van der Waals surface area contributed by atoms with Gasteiger partial charge in [0.15, 0.2) is 0 Å². The second kappa shape index (κ2) is 5.52. The van der Waals surface area contributed by atoms with E-state index in [1.54, 1.807) is 6.07 Å². The Hall–Kier alpha value is -1.06. The number of para-hydroxylation sites is 1. The molecule has 0 radical (unpaired) electrons. The van der Waals surface area contributed by atoms with Crippen molar-refractivity contribution in [2.24, 2.45) is 0 Å². The summed E-state index contributed by atoms with van der Waals surface area (Å²) < 4.78 is 5.43. The van der Waals surface area contributed by atoms with Crippen LogP contribution in [0.5, 0.6) is 5.75 Å². The van der Waals surface area contributed by atoms with Crippen molar-refractivity contribution in [3.63, 3.8) is 0 Å². The van der Waals surface area contributed by atoms with Gasteiger partial charge in [0, 0.05) is 24.3 Å². The summed E-state index contributed by atoms with van der Waals surface area (Å²) in [5.41, 5.74) is 1.02. The maximum absolute atomic E-state index is 9.95. The average Bonchev–Trinajstić information content (AvgIpc) is 2.86. The largest absolute Gasteiger partial charge is 0.508 e. The van der Waals surface area contributed by atoms with Gasteiger partial charge in [-0.1, -0.05) is 25.1 Å². The van der Waals surface area contributed by atoms with E-state index in [-0.39, 0.29) is 6.04 Å². The molecule has 3 heteroatoms. The Morgan fingerprint density at radius 3 is 2.82 bits per heavy atom. The van der Waals surface area contributed by atoms with Gasteiger partial charge >= 0.3 is 0 Å². The van der Waals surface area contributed by atoms with Crippen molar-refractivity contribution < 1.29 is 9.84 Å². The predicted molar refractivity (Wildman–Crippen MR) is 68.1 cm³/mol. The van der Waals surface area contributed by atoms with Crippen LogP contribution in [0.25, 0.3) is 0 Å². The molecule has 1 fully saturated rings. The maximum Gasteiger partial charge on any atom is 0.120 e. The molecule has 1 aromatic rings. The number of nitrogens with zero attached hydrogens (tertiary/aromatic N) is 1. The smallest absolute Gasteiger partial charge is 0.120 e. The number of phenols is 1. The number of hydrogen-bond acceptors (Lipinski definition) is 3. The minimum Gasteiger partial charge on any atom is -0.508 e. The lowest BCUT2D eigenvalue weighted by Gasteiger charge is -2.32. The molecule has 1 N–H and O–H groups in total. The molecule has 0 bridgehead atoms. The molecule has 2 rings (SSSR count). The molecule has 2 unspecified atom stereocenters. The molecule has 94 valence electrons. The van der Waals surface area contributed by atoms with Gasteiger partial charge in [-0.15, -0.1) is 0 Å². The highest BCUT2D eigenvalue weighted by atomic mass is 16.5. The Balaban J connectivity index is 2.18. The number of aromatic hydroxyl groups is 1. The maximum atomic E-state index is 9.95. The van der Waals surface area contributed by atoms with E-state index >= 15 is 0 Å². The van der Waals surface area contributed by atoms with Crippen LogP contribution in [0.3, 0.4) is 0 Å². The molecule has 1 aliphatic rings. The molecule has 0 aromatic heterocycles. The number of rotatable bonds is 4. The van der Waals surface area contributed by atoms with Crippen LogP contribution in [-0.2, 0) is 4.74 Å². The third-order valence-electron chi connectivity index (χ3n) is 3.66. The van der Waals surface area contributed by atoms with E-state index in [2.05, 4.69) is 18.9 Å². The highest BCUT2D eigenvalue weighted by Gasteiger charge is 2.27. The standard InChI is InChI=1S/C14H21NO2/c1-3-13(12-6-4-5-7-14(12)16)15(2)11-8-9-17-10-11/h4-7,11,13,16H,3,8-10H2,1-2H3. The first-order chi connectivity index (χ1) is 8.24. The summed E-state index contributed by atoms with van der Waals surface area (Å²) in [4.78, 5) is 2.34. The number of benzene rings is 1. The highest BCUT2D eigenvalue weighted by Crippen LogP contribution is 2.32. The van der Waals surface area contributed by atoms with Crippen molar-refractivity contribution in [3.05, 3.63) is 29.8 Å². The van der Waals surface area contributed by atoms with Crippen molar-refractivity contribution in [1.29, 1.82) is 0 Å². The van der Waals surface area contributed by atoms with Gasteiger partial charge in [0.05, 0.1) is 6.61 Å². The van der Waals surface area contributed by atoms with E-state index in [9.17, 15) is 5.11 Å². The first-order valence-corrected chi connectivity index (χ1v) is 6.31. The molecule has 2 atom stereocenters. The van der Waals surface area contributed by atoms with Crippen LogP contribution in [0.2, 0.25) is 0 Å². The van der Waals surface area contributed by atoms with Gasteiger partial charge in [0.2, 0.25) is 0 Å². The number of phenolic OH excluding ortho intramolecular Hbond substituents is 1. The van der Waals surface area contributed by atoms with Crippen LogP contribution in [0.4, 0.5) is 0 Å². The summed E-state index contributed by atoms with van der Waals surface area (Å²) in [6.45, 7) is 3.82. The van der Waals surface area contributed by atoms with Crippen molar-refractivity contribution in [3.8, 4) is 5.75 Å². The summed E-state index contributed by atoms with van der Waals surface area (Å²) in [5, 5.41) is 9.95. The van der Waals surface area contributed by atoms with Crippen LogP contribution < -0.4 is 0 Å². The van der Waals surface area contributed by atoms with Gasteiger partial charge in [0.25, 0.3) is 0 Å². The van der Waals surface area contributed by atoms with E-state index in [0.717, 1.165) is 31.6 Å². The van der Waals surface area contributed by atoms with Crippen molar-refractivity contribution >= 4 is 0 Å². The molecule has 17 heavy (non-hydrogen) atoms. The fraction of sp³-hybridized carbons (Fsp3) is 0.571. The fourth-order valence-electron chi connectivity index (χ4n) is 2.59. The third-order valence-corrected chi connectivity index (χ3v) is 3.66. The van der Waals surface area contributed by atoms with Crippen LogP contribution in [0.15, 0.2) is 24.3 Å². The first-order valence-electron chi connectivity index (χ1n) is 6.31. The Morgan fingerprint density at radius 1 is 1.47 bits per heavy atom. The number of ether oxygens (including phenoxy) is 1. The molecule has 1 aliphatic heterocycles. The molecule has 0 spiro atoms. The van der Waals surface area contributed by atoms with Gasteiger partial charge in [-0.3, -0.25) is 4.90 Å². The molecule has 0 amide bonds. The Kier molecular flexibility index (Phi) is 4.02. The van der Waals surface area contributed by atoms with Crippen LogP contribution in [0, 0.1) is 0 Å². The Bertz CT molecular complexity index is 361. The van der Waals surface area contributed by atoms with Crippen LogP contribution >= 0.6 is 0 Å². The topological polar surface area (TPSA) is 32.7 Å². The summed E-state index contributed by atoms with van der Waals surface area (Å²) in [7, 11) is 2.12. The van der Waals surface area contributed by atoms with Gasteiger partial charge in [0.1, 0.15) is 5.75 Å². The molecule has 3 nitrogen and oxygen atoms in total. The minimum absolute atomic E-state index is 0.267. The zero-order valence-corrected chi connectivity index (χ0v) is 10.6. The second-order valence-corrected chi connectivity index (χ2v) is 4.67. The zero-order chi connectivity index (χ0) is 12.3. The summed E-state index contributed by atoms with van der Waals surface area (Å²) >= 11 is 0. The quantitative estimate of drug-likeness (QED) is 0.870. The van der Waals surface area contributed by atoms with E-state index in [1.165, 1.54) is 0 Å². The lowest BCUT2D eigenvalue weighted by molar-refractivity contribution is 0.129. The van der Waals surface area contributed by atoms with Gasteiger partial charge in [-0.05, 0) is 26.0 Å². The molecule has 0 aliphatic carbocycles. The lowest BCUT2D eigenvalue weighted by Crippen LogP contribution is -2.35. The first kappa shape index (κ1) is 12.4. The van der Waals surface area contributed by atoms with Crippen molar-refractivity contribution in [1.82, 2.24) is 4.90 Å². The van der Waals surface area contributed by atoms with E-state index in [4.69, 9.17) is 4.74 Å². The molecular weight excluding hydrogens is 214 g/mol. The molecule has 1 heterocycles. The van der Waals surface area contributed by atoms with Crippen LogP contribution in [0.1, 0.15) is 31.4 Å². The predicted octanol–water partition coefficient (Wildman–Crippen LogP) is 2.56. The average molecular weight is 235 g/mol. The van der Waals surface area contributed by atoms with Crippen LogP contribution in [-0.4, -0.2) is 36.3 Å². The lowest BCUT2D eigenvalue weighted by atomic mass is 10.00. The summed E-state index contributed by atoms with van der Waals surface area (Å²) in [6, 6.07) is 8.36. The monoisotopic (exact) mass is 235 g/mol. The SMILES string of the molecule is CCC(c1ccccc1O)N(C)C1CCOC1. The van der Waals surface area contributed by atoms with Gasteiger partial charge in [-0.2, -0.15) is 0 Å². The van der Waals surface area contributed by atoms with E-state index in [1.807, 2.05) is 18.2 Å². The Labute approximate surface area is 103 Å². The number of hydrogen-bond donors (Lipinski definition) is 1. The normalized spacial score (nSPS) is 21.9. The number of likely N-dealkylation sites (N-methyl/N-ethyl adjacent to an activating group) is 1. The van der Waals surface area contributed by atoms with Gasteiger partial charge in [-0.25, -0.2) is 0 Å². The van der Waals surface area contributed by atoms with Crippen molar-refractivity contribution in [2.75, 3.05) is 20.3 Å². The summed E-state index contributed by atoms with van der Waals surface area (Å²) in [5.74, 6) is 0.394. The van der Waals surface area contributed by atoms with Gasteiger partial charge < -0.3 is 9.84 Å². The van der Waals surface area contributed by atoms with E-state index in [0.29, 0.717) is 11.8 Å². The Morgan fingerprint density at radius 2 is 2.24 bits per heavy atom. The van der Waals surface area contributed by atoms with E-state index < -0.39 is 0 Å². The molecular formula is C14H21NO2. The fourth-order valence-corrected chi connectivity index (χ4v) is 2.59. The molecule has 0 saturated carbocycles. The molecule has 1 saturated heterocycles. The highest BCUT2D eigenvalue weighted by molar-refractivity contribution is 5.34. The van der Waals surface area contributed by atoms with Crippen molar-refractivity contribution in [2.45, 2.75) is 31.8 Å². The summed E-state index contributed by atoms with van der Waals surface area (Å²) in [6.07, 6.45) is 2.07.